The molecule has 1 saturated heterocycles. The van der Waals surface area contributed by atoms with Gasteiger partial charge in [-0.25, -0.2) is 4.39 Å². The van der Waals surface area contributed by atoms with Crippen molar-refractivity contribution in [1.82, 2.24) is 10.3 Å². The fourth-order valence-electron chi connectivity index (χ4n) is 3.94. The number of halogens is 1. The first kappa shape index (κ1) is 16.0. The number of hydrogen-bond donors (Lipinski definition) is 2. The molecule has 2 N–H and O–H groups in total. The average Bonchev–Trinajstić information content (AvgIpc) is 3.12. The number of fused-ring (bicyclic) bond motifs is 1. The lowest BCUT2D eigenvalue weighted by Gasteiger charge is -2.36. The van der Waals surface area contributed by atoms with Gasteiger partial charge in [-0.05, 0) is 56.1 Å². The Bertz CT molecular complexity index is 895. The molecule has 0 atom stereocenters. The first-order valence-electron chi connectivity index (χ1n) is 8.74. The second-order valence-corrected chi connectivity index (χ2v) is 6.92. The molecule has 2 aromatic carbocycles. The zero-order valence-corrected chi connectivity index (χ0v) is 14.0. The molecule has 3 aromatic rings. The van der Waals surface area contributed by atoms with Crippen molar-refractivity contribution in [3.05, 3.63) is 71.7 Å². The van der Waals surface area contributed by atoms with Crippen LogP contribution >= 0.6 is 0 Å². The van der Waals surface area contributed by atoms with Gasteiger partial charge < -0.3 is 10.3 Å². The lowest BCUT2D eigenvalue weighted by Crippen LogP contribution is -2.43. The zero-order chi connectivity index (χ0) is 17.3. The van der Waals surface area contributed by atoms with Crippen LogP contribution in [-0.2, 0) is 6.42 Å². The number of nitrogens with one attached hydrogen (secondary N) is 2. The predicted octanol–water partition coefficient (Wildman–Crippen LogP) is 4.10. The van der Waals surface area contributed by atoms with Crippen molar-refractivity contribution in [3.8, 4) is 0 Å². The minimum absolute atomic E-state index is 0.0554. The highest BCUT2D eigenvalue weighted by Crippen LogP contribution is 2.37. The summed E-state index contributed by atoms with van der Waals surface area (Å²) in [5.74, 6) is -0.311. The summed E-state index contributed by atoms with van der Waals surface area (Å²) in [5.41, 5.74) is 1.62. The van der Waals surface area contributed by atoms with Crippen LogP contribution in [0.25, 0.3) is 10.9 Å². The Morgan fingerprint density at radius 2 is 1.84 bits per heavy atom. The van der Waals surface area contributed by atoms with Gasteiger partial charge in [0.05, 0.1) is 5.52 Å². The fraction of sp³-hybridized carbons (Fsp3) is 0.286. The van der Waals surface area contributed by atoms with E-state index in [1.807, 2.05) is 30.3 Å². The maximum atomic E-state index is 14.4. The molecule has 1 aromatic heterocycles. The van der Waals surface area contributed by atoms with E-state index in [2.05, 4.69) is 22.4 Å². The van der Waals surface area contributed by atoms with E-state index < -0.39 is 5.41 Å². The number of benzene rings is 2. The molecule has 3 nitrogen and oxygen atoms in total. The highest BCUT2D eigenvalue weighted by atomic mass is 19.1. The van der Waals surface area contributed by atoms with Gasteiger partial charge in [-0.15, -0.1) is 0 Å². The summed E-state index contributed by atoms with van der Waals surface area (Å²) < 4.78 is 14.4. The minimum atomic E-state index is -0.469. The van der Waals surface area contributed by atoms with E-state index in [0.29, 0.717) is 17.5 Å². The normalized spacial score (nSPS) is 16.8. The number of carbonyl (C=O) groups excluding carboxylic acids is 1. The van der Waals surface area contributed by atoms with Crippen molar-refractivity contribution < 1.29 is 9.18 Å². The maximum absolute atomic E-state index is 14.4. The quantitative estimate of drug-likeness (QED) is 0.705. The number of piperidine rings is 1. The molecule has 0 unspecified atom stereocenters. The maximum Gasteiger partial charge on any atom is 0.169 e. The summed E-state index contributed by atoms with van der Waals surface area (Å²) in [6.45, 7) is 1.63. The molecule has 0 radical (unpaired) electrons. The third kappa shape index (κ3) is 2.98. The largest absolute Gasteiger partial charge is 0.359 e. The first-order valence-corrected chi connectivity index (χ1v) is 8.74. The van der Waals surface area contributed by atoms with Crippen LogP contribution in [0, 0.1) is 11.2 Å². The molecule has 0 bridgehead atoms. The zero-order valence-electron chi connectivity index (χ0n) is 14.0. The van der Waals surface area contributed by atoms with Crippen LogP contribution in [0.1, 0.15) is 28.8 Å². The first-order chi connectivity index (χ1) is 12.2. The van der Waals surface area contributed by atoms with E-state index >= 15 is 0 Å². The Kier molecular flexibility index (Phi) is 4.14. The standard InChI is InChI=1S/C21H21FN2O/c22-18-13-17(12-16-6-9-24-19(16)18)20(25)21(7-10-23-11-8-21)14-15-4-2-1-3-5-15/h1-6,9,12-13,23-24H,7-8,10-11,14H2. The van der Waals surface area contributed by atoms with Gasteiger partial charge in [0.1, 0.15) is 5.82 Å². The molecule has 4 rings (SSSR count). The molecule has 1 fully saturated rings. The number of Topliss-reactive ketones (excluding diaryl/α,β-unsaturated/α-hetero) is 1. The van der Waals surface area contributed by atoms with Gasteiger partial charge in [0.15, 0.2) is 5.78 Å². The van der Waals surface area contributed by atoms with Gasteiger partial charge in [-0.1, -0.05) is 30.3 Å². The van der Waals surface area contributed by atoms with E-state index in [9.17, 15) is 9.18 Å². The van der Waals surface area contributed by atoms with E-state index in [1.165, 1.54) is 6.07 Å². The molecule has 1 aliphatic rings. The summed E-state index contributed by atoms with van der Waals surface area (Å²) in [5, 5.41) is 4.08. The van der Waals surface area contributed by atoms with Gasteiger partial charge in [0.25, 0.3) is 0 Å². The Labute approximate surface area is 146 Å². The molecule has 0 amide bonds. The monoisotopic (exact) mass is 336 g/mol. The van der Waals surface area contributed by atoms with Crippen molar-refractivity contribution >= 4 is 16.7 Å². The van der Waals surface area contributed by atoms with Crippen molar-refractivity contribution in [2.24, 2.45) is 5.41 Å². The minimum Gasteiger partial charge on any atom is -0.359 e. The van der Waals surface area contributed by atoms with Gasteiger partial charge in [-0.2, -0.15) is 0 Å². The van der Waals surface area contributed by atoms with E-state index in [-0.39, 0.29) is 11.6 Å². The van der Waals surface area contributed by atoms with Crippen LogP contribution in [0.15, 0.2) is 54.7 Å². The Morgan fingerprint density at radius 1 is 1.08 bits per heavy atom. The summed E-state index contributed by atoms with van der Waals surface area (Å²) in [7, 11) is 0. The summed E-state index contributed by atoms with van der Waals surface area (Å²) in [4.78, 5) is 16.3. The Morgan fingerprint density at radius 3 is 2.60 bits per heavy atom. The lowest BCUT2D eigenvalue weighted by molar-refractivity contribution is 0.0726. The number of hydrogen-bond acceptors (Lipinski definition) is 2. The predicted molar refractivity (Wildman–Crippen MR) is 97.3 cm³/mol. The van der Waals surface area contributed by atoms with Crippen molar-refractivity contribution in [2.75, 3.05) is 13.1 Å². The topological polar surface area (TPSA) is 44.9 Å². The van der Waals surface area contributed by atoms with Crippen molar-refractivity contribution in [2.45, 2.75) is 19.3 Å². The smallest absolute Gasteiger partial charge is 0.169 e. The highest BCUT2D eigenvalue weighted by molar-refractivity contribution is 6.03. The molecule has 0 aliphatic carbocycles. The van der Waals surface area contributed by atoms with E-state index in [0.717, 1.165) is 36.9 Å². The number of aromatic nitrogens is 1. The van der Waals surface area contributed by atoms with Crippen LogP contribution in [0.5, 0.6) is 0 Å². The van der Waals surface area contributed by atoms with Crippen LogP contribution in [0.2, 0.25) is 0 Å². The molecule has 1 aliphatic heterocycles. The van der Waals surface area contributed by atoms with Crippen LogP contribution in [0.3, 0.4) is 0 Å². The molecule has 25 heavy (non-hydrogen) atoms. The third-order valence-corrected chi connectivity index (χ3v) is 5.30. The fourth-order valence-corrected chi connectivity index (χ4v) is 3.94. The molecule has 4 heteroatoms. The van der Waals surface area contributed by atoms with Gasteiger partial charge >= 0.3 is 0 Å². The van der Waals surface area contributed by atoms with E-state index in [1.54, 1.807) is 6.20 Å². The summed E-state index contributed by atoms with van der Waals surface area (Å²) in [6, 6.07) is 15.1. The molecular weight excluding hydrogens is 315 g/mol. The number of aromatic amines is 1. The van der Waals surface area contributed by atoms with Crippen LogP contribution in [0.4, 0.5) is 4.39 Å². The number of carbonyl (C=O) groups is 1. The van der Waals surface area contributed by atoms with Gasteiger partial charge in [0.2, 0.25) is 0 Å². The molecular formula is C21H21FN2O. The lowest BCUT2D eigenvalue weighted by atomic mass is 9.69. The number of ketones is 1. The average molecular weight is 336 g/mol. The van der Waals surface area contributed by atoms with Gasteiger partial charge in [-0.3, -0.25) is 4.79 Å². The van der Waals surface area contributed by atoms with Crippen molar-refractivity contribution in [1.29, 1.82) is 0 Å². The second kappa shape index (κ2) is 6.45. The summed E-state index contributed by atoms with van der Waals surface area (Å²) >= 11 is 0. The number of H-pyrrole nitrogens is 1. The van der Waals surface area contributed by atoms with Crippen LogP contribution in [-0.4, -0.2) is 23.9 Å². The highest BCUT2D eigenvalue weighted by Gasteiger charge is 2.40. The molecule has 0 spiro atoms. The molecule has 0 saturated carbocycles. The molecule has 128 valence electrons. The second-order valence-electron chi connectivity index (χ2n) is 6.92. The molecule has 2 heterocycles. The third-order valence-electron chi connectivity index (χ3n) is 5.30. The van der Waals surface area contributed by atoms with Gasteiger partial charge in [0, 0.05) is 22.6 Å². The Hall–Kier alpha value is -2.46. The van der Waals surface area contributed by atoms with E-state index in [4.69, 9.17) is 0 Å². The summed E-state index contributed by atoms with van der Waals surface area (Å²) in [6.07, 6.45) is 3.94. The SMILES string of the molecule is O=C(c1cc(F)c2[nH]ccc2c1)C1(Cc2ccccc2)CCNCC1. The number of rotatable bonds is 4. The van der Waals surface area contributed by atoms with Crippen LogP contribution < -0.4 is 5.32 Å². The van der Waals surface area contributed by atoms with Crippen molar-refractivity contribution in [3.63, 3.8) is 0 Å². The Balaban J connectivity index is 1.74.